The summed E-state index contributed by atoms with van der Waals surface area (Å²) < 4.78 is 10.1. The number of anilines is 1. The number of nitrogens with one attached hydrogen (secondary N) is 2. The molecule has 5 nitrogen and oxygen atoms in total. The highest BCUT2D eigenvalue weighted by Crippen LogP contribution is 2.17. The molecule has 0 aliphatic rings. The molecule has 0 aliphatic heterocycles. The molecule has 0 spiro atoms. The van der Waals surface area contributed by atoms with Crippen LogP contribution in [0.4, 0.5) is 5.69 Å². The molecule has 2 N–H and O–H groups in total. The molecule has 1 aromatic carbocycles. The van der Waals surface area contributed by atoms with E-state index < -0.39 is 0 Å². The quantitative estimate of drug-likeness (QED) is 0.769. The van der Waals surface area contributed by atoms with Crippen molar-refractivity contribution in [3.8, 4) is 0 Å². The Kier molecular flexibility index (Phi) is 5.40. The second-order valence-electron chi connectivity index (χ2n) is 4.54. The van der Waals surface area contributed by atoms with Crippen LogP contribution in [0.3, 0.4) is 0 Å². The summed E-state index contributed by atoms with van der Waals surface area (Å²) in [5, 5.41) is 3.35. The number of benzene rings is 1. The van der Waals surface area contributed by atoms with Gasteiger partial charge in [-0.05, 0) is 25.1 Å². The van der Waals surface area contributed by atoms with Crippen molar-refractivity contribution in [3.05, 3.63) is 53.3 Å². The molecule has 21 heavy (non-hydrogen) atoms. The van der Waals surface area contributed by atoms with Crippen LogP contribution in [-0.4, -0.2) is 24.7 Å². The Morgan fingerprint density at radius 3 is 2.81 bits per heavy atom. The molecule has 1 heterocycles. The van der Waals surface area contributed by atoms with Crippen molar-refractivity contribution in [1.82, 2.24) is 4.98 Å². The van der Waals surface area contributed by atoms with E-state index in [1.54, 1.807) is 6.07 Å². The number of hydrogen-bond donors (Lipinski definition) is 2. The van der Waals surface area contributed by atoms with E-state index in [0.717, 1.165) is 16.9 Å². The van der Waals surface area contributed by atoms with Crippen molar-refractivity contribution in [2.45, 2.75) is 20.1 Å². The zero-order chi connectivity index (χ0) is 15.1. The molecule has 2 rings (SSSR count). The Morgan fingerprint density at radius 2 is 2.05 bits per heavy atom. The van der Waals surface area contributed by atoms with Gasteiger partial charge in [-0.15, -0.1) is 0 Å². The molecule has 0 saturated heterocycles. The van der Waals surface area contributed by atoms with E-state index in [1.165, 1.54) is 7.11 Å². The number of rotatable bonds is 7. The lowest BCUT2D eigenvalue weighted by Crippen LogP contribution is -2.05. The summed E-state index contributed by atoms with van der Waals surface area (Å²) in [6.07, 6.45) is 0. The summed E-state index contributed by atoms with van der Waals surface area (Å²) in [6, 6.07) is 11.6. The average Bonchev–Trinajstić information content (AvgIpc) is 3.00. The predicted molar refractivity (Wildman–Crippen MR) is 81.2 cm³/mol. The number of aromatic amines is 1. The van der Waals surface area contributed by atoms with Crippen molar-refractivity contribution in [2.24, 2.45) is 0 Å². The largest absolute Gasteiger partial charge is 0.464 e. The van der Waals surface area contributed by atoms with E-state index in [1.807, 2.05) is 37.3 Å². The first-order valence-corrected chi connectivity index (χ1v) is 6.90. The Morgan fingerprint density at radius 1 is 1.24 bits per heavy atom. The Bertz CT molecular complexity index is 593. The summed E-state index contributed by atoms with van der Waals surface area (Å²) in [6.45, 7) is 3.84. The normalized spacial score (nSPS) is 10.4. The lowest BCUT2D eigenvalue weighted by molar-refractivity contribution is 0.0594. The SMILES string of the molecule is CCOCc1ccccc1NCc1ccc(C(=O)OC)[nH]1. The van der Waals surface area contributed by atoms with Gasteiger partial charge in [-0.3, -0.25) is 0 Å². The van der Waals surface area contributed by atoms with E-state index in [9.17, 15) is 4.79 Å². The van der Waals surface area contributed by atoms with Crippen LogP contribution in [0.25, 0.3) is 0 Å². The maximum absolute atomic E-state index is 11.4. The summed E-state index contributed by atoms with van der Waals surface area (Å²) in [5.74, 6) is -0.363. The third-order valence-electron chi connectivity index (χ3n) is 3.10. The van der Waals surface area contributed by atoms with Gasteiger partial charge in [-0.1, -0.05) is 18.2 Å². The first kappa shape index (κ1) is 15.1. The molecule has 2 aromatic rings. The van der Waals surface area contributed by atoms with Gasteiger partial charge in [0, 0.05) is 23.6 Å². The van der Waals surface area contributed by atoms with Crippen molar-refractivity contribution in [1.29, 1.82) is 0 Å². The molecule has 0 fully saturated rings. The van der Waals surface area contributed by atoms with E-state index in [-0.39, 0.29) is 5.97 Å². The van der Waals surface area contributed by atoms with Gasteiger partial charge < -0.3 is 19.8 Å². The smallest absolute Gasteiger partial charge is 0.354 e. The van der Waals surface area contributed by atoms with Crippen LogP contribution in [0.1, 0.15) is 28.7 Å². The van der Waals surface area contributed by atoms with Crippen LogP contribution in [0, 0.1) is 0 Å². The fourth-order valence-electron chi connectivity index (χ4n) is 1.99. The van der Waals surface area contributed by atoms with Crippen LogP contribution >= 0.6 is 0 Å². The number of carbonyl (C=O) groups is 1. The molecule has 112 valence electrons. The number of H-pyrrole nitrogens is 1. The highest BCUT2D eigenvalue weighted by molar-refractivity contribution is 5.87. The van der Waals surface area contributed by atoms with E-state index in [4.69, 9.17) is 4.74 Å². The van der Waals surface area contributed by atoms with Crippen LogP contribution < -0.4 is 5.32 Å². The van der Waals surface area contributed by atoms with E-state index in [2.05, 4.69) is 15.0 Å². The maximum atomic E-state index is 11.4. The second-order valence-corrected chi connectivity index (χ2v) is 4.54. The molecule has 0 atom stereocenters. The highest BCUT2D eigenvalue weighted by atomic mass is 16.5. The minimum atomic E-state index is -0.363. The number of para-hydroxylation sites is 1. The fourth-order valence-corrected chi connectivity index (χ4v) is 1.99. The minimum absolute atomic E-state index is 0.363. The topological polar surface area (TPSA) is 63.4 Å². The van der Waals surface area contributed by atoms with E-state index in [0.29, 0.717) is 25.5 Å². The number of ether oxygens (including phenoxy) is 2. The minimum Gasteiger partial charge on any atom is -0.464 e. The van der Waals surface area contributed by atoms with Gasteiger partial charge in [0.2, 0.25) is 0 Å². The zero-order valence-corrected chi connectivity index (χ0v) is 12.3. The number of esters is 1. The van der Waals surface area contributed by atoms with E-state index >= 15 is 0 Å². The summed E-state index contributed by atoms with van der Waals surface area (Å²) >= 11 is 0. The fraction of sp³-hybridized carbons (Fsp3) is 0.312. The van der Waals surface area contributed by atoms with Crippen molar-refractivity contribution >= 4 is 11.7 Å². The second kappa shape index (κ2) is 7.50. The van der Waals surface area contributed by atoms with Gasteiger partial charge in [0.05, 0.1) is 20.3 Å². The molecule has 1 aromatic heterocycles. The van der Waals surface area contributed by atoms with Gasteiger partial charge in [-0.2, -0.15) is 0 Å². The van der Waals surface area contributed by atoms with Crippen LogP contribution in [0.15, 0.2) is 36.4 Å². The lowest BCUT2D eigenvalue weighted by Gasteiger charge is -2.11. The highest BCUT2D eigenvalue weighted by Gasteiger charge is 2.08. The molecule has 0 radical (unpaired) electrons. The molecule has 0 amide bonds. The van der Waals surface area contributed by atoms with Crippen molar-refractivity contribution < 1.29 is 14.3 Å². The first-order valence-electron chi connectivity index (χ1n) is 6.90. The van der Waals surface area contributed by atoms with Crippen LogP contribution in [0.2, 0.25) is 0 Å². The molecular weight excluding hydrogens is 268 g/mol. The van der Waals surface area contributed by atoms with Gasteiger partial charge in [-0.25, -0.2) is 4.79 Å². The lowest BCUT2D eigenvalue weighted by atomic mass is 10.2. The first-order chi connectivity index (χ1) is 10.2. The third-order valence-corrected chi connectivity index (χ3v) is 3.10. The molecule has 0 bridgehead atoms. The summed E-state index contributed by atoms with van der Waals surface area (Å²) in [7, 11) is 1.37. The molecule has 5 heteroatoms. The number of aromatic nitrogens is 1. The summed E-state index contributed by atoms with van der Waals surface area (Å²) in [4.78, 5) is 14.4. The van der Waals surface area contributed by atoms with Gasteiger partial charge >= 0.3 is 5.97 Å². The van der Waals surface area contributed by atoms with Gasteiger partial charge in [0.1, 0.15) is 5.69 Å². The number of hydrogen-bond acceptors (Lipinski definition) is 4. The van der Waals surface area contributed by atoms with Gasteiger partial charge in [0.25, 0.3) is 0 Å². The Hall–Kier alpha value is -2.27. The Labute approximate surface area is 124 Å². The number of carbonyl (C=O) groups excluding carboxylic acids is 1. The third kappa shape index (κ3) is 4.10. The maximum Gasteiger partial charge on any atom is 0.354 e. The van der Waals surface area contributed by atoms with Crippen molar-refractivity contribution in [2.75, 3.05) is 19.0 Å². The summed E-state index contributed by atoms with van der Waals surface area (Å²) in [5.41, 5.74) is 3.51. The predicted octanol–water partition coefficient (Wildman–Crippen LogP) is 2.95. The molecular formula is C16H20N2O3. The number of methoxy groups -OCH3 is 1. The standard InChI is InChI=1S/C16H20N2O3/c1-3-21-11-12-6-4-5-7-14(12)17-10-13-8-9-15(18-13)16(19)20-2/h4-9,17-18H,3,10-11H2,1-2H3. The van der Waals surface area contributed by atoms with Crippen molar-refractivity contribution in [3.63, 3.8) is 0 Å². The van der Waals surface area contributed by atoms with Crippen LogP contribution in [0.5, 0.6) is 0 Å². The Balaban J connectivity index is 1.99. The average molecular weight is 288 g/mol. The molecule has 0 saturated carbocycles. The molecule has 0 unspecified atom stereocenters. The zero-order valence-electron chi connectivity index (χ0n) is 12.3. The molecule has 0 aliphatic carbocycles. The monoisotopic (exact) mass is 288 g/mol. The van der Waals surface area contributed by atoms with Gasteiger partial charge in [0.15, 0.2) is 0 Å². The van der Waals surface area contributed by atoms with Crippen LogP contribution in [-0.2, 0) is 22.6 Å².